The molecule has 9 nitrogen and oxygen atoms in total. The first-order valence-electron chi connectivity index (χ1n) is 9.84. The minimum Gasteiger partial charge on any atom is -0.450 e. The number of amides is 3. The predicted octanol–water partition coefficient (Wildman–Crippen LogP) is 2.72. The van der Waals surface area contributed by atoms with E-state index in [-0.39, 0.29) is 24.3 Å². The van der Waals surface area contributed by atoms with Crippen molar-refractivity contribution in [2.75, 3.05) is 38.1 Å². The summed E-state index contributed by atoms with van der Waals surface area (Å²) in [7, 11) is 0. The van der Waals surface area contributed by atoms with Crippen molar-refractivity contribution in [1.29, 1.82) is 0 Å². The molecule has 2 heterocycles. The number of hydrogen-bond acceptors (Lipinski definition) is 6. The number of aromatic nitrogens is 1. The minimum atomic E-state index is -0.508. The van der Waals surface area contributed by atoms with Crippen molar-refractivity contribution in [3.05, 3.63) is 46.9 Å². The molecule has 1 saturated heterocycles. The lowest BCUT2D eigenvalue weighted by Gasteiger charge is -2.34. The molecule has 1 aromatic carbocycles. The average molecular weight is 419 g/mol. The third-order valence-corrected chi connectivity index (χ3v) is 4.72. The zero-order chi connectivity index (χ0) is 21.5. The molecule has 0 radical (unpaired) electrons. The third kappa shape index (κ3) is 5.93. The standard InChI is InChI=1S/C20H26FN5O4/c1-3-29-20(28)26-8-6-25(7-9-26)13-15-4-5-17(21)16(11-15)12-22-19(27)23-18-10-14(2)24-30-18/h4-5,10-11H,3,6-9,12-13H2,1-2H3,(H2,22,23,27). The van der Waals surface area contributed by atoms with E-state index in [2.05, 4.69) is 20.7 Å². The largest absolute Gasteiger partial charge is 0.450 e. The smallest absolute Gasteiger partial charge is 0.409 e. The van der Waals surface area contributed by atoms with Gasteiger partial charge in [0.05, 0.1) is 12.3 Å². The lowest BCUT2D eigenvalue weighted by atomic mass is 10.1. The summed E-state index contributed by atoms with van der Waals surface area (Å²) in [6.07, 6.45) is -0.286. The molecule has 2 aromatic rings. The number of nitrogens with zero attached hydrogens (tertiary/aromatic N) is 3. The summed E-state index contributed by atoms with van der Waals surface area (Å²) < 4.78 is 24.1. The van der Waals surface area contributed by atoms with Crippen LogP contribution < -0.4 is 10.6 Å². The number of rotatable bonds is 6. The second kappa shape index (κ2) is 10.1. The normalized spacial score (nSPS) is 14.4. The van der Waals surface area contributed by atoms with Crippen LogP contribution in [-0.2, 0) is 17.8 Å². The monoisotopic (exact) mass is 419 g/mol. The highest BCUT2D eigenvalue weighted by atomic mass is 19.1. The molecule has 1 aliphatic rings. The van der Waals surface area contributed by atoms with Crippen LogP contribution in [0, 0.1) is 12.7 Å². The number of urea groups is 1. The van der Waals surface area contributed by atoms with Crippen LogP contribution in [0.25, 0.3) is 0 Å². The molecule has 0 aliphatic carbocycles. The van der Waals surface area contributed by atoms with Crippen LogP contribution in [0.1, 0.15) is 23.7 Å². The van der Waals surface area contributed by atoms with Gasteiger partial charge in [0, 0.05) is 50.9 Å². The Hall–Kier alpha value is -3.14. The Morgan fingerprint density at radius 3 is 2.67 bits per heavy atom. The molecule has 1 fully saturated rings. The van der Waals surface area contributed by atoms with Crippen molar-refractivity contribution in [3.63, 3.8) is 0 Å². The molecule has 0 unspecified atom stereocenters. The lowest BCUT2D eigenvalue weighted by Crippen LogP contribution is -2.48. The first-order valence-corrected chi connectivity index (χ1v) is 9.84. The van der Waals surface area contributed by atoms with E-state index in [4.69, 9.17) is 9.26 Å². The SMILES string of the molecule is CCOC(=O)N1CCN(Cc2ccc(F)c(CNC(=O)Nc3cc(C)no3)c2)CC1. The number of nitrogens with one attached hydrogen (secondary N) is 2. The first-order chi connectivity index (χ1) is 14.4. The maximum atomic E-state index is 14.2. The highest BCUT2D eigenvalue weighted by Crippen LogP contribution is 2.15. The molecule has 1 aromatic heterocycles. The van der Waals surface area contributed by atoms with E-state index in [0.717, 1.165) is 5.56 Å². The maximum absolute atomic E-state index is 14.2. The second-order valence-electron chi connectivity index (χ2n) is 7.03. The molecule has 3 rings (SSSR count). The van der Waals surface area contributed by atoms with Crippen LogP contribution in [0.15, 0.2) is 28.8 Å². The Morgan fingerprint density at radius 2 is 2.00 bits per heavy atom. The van der Waals surface area contributed by atoms with Gasteiger partial charge in [0.15, 0.2) is 0 Å². The molecule has 3 amide bonds. The fourth-order valence-electron chi connectivity index (χ4n) is 3.18. The fraction of sp³-hybridized carbons (Fsp3) is 0.450. The Balaban J connectivity index is 1.50. The minimum absolute atomic E-state index is 0.0370. The van der Waals surface area contributed by atoms with Crippen molar-refractivity contribution in [2.45, 2.75) is 26.9 Å². The molecule has 0 atom stereocenters. The van der Waals surface area contributed by atoms with E-state index < -0.39 is 6.03 Å². The fourth-order valence-corrected chi connectivity index (χ4v) is 3.18. The highest BCUT2D eigenvalue weighted by Gasteiger charge is 2.22. The van der Waals surface area contributed by atoms with E-state index in [1.54, 1.807) is 36.9 Å². The number of halogens is 1. The van der Waals surface area contributed by atoms with Gasteiger partial charge in [-0.3, -0.25) is 10.2 Å². The summed E-state index contributed by atoms with van der Waals surface area (Å²) in [5.41, 5.74) is 1.97. The number of carbonyl (C=O) groups excluding carboxylic acids is 2. The van der Waals surface area contributed by atoms with Gasteiger partial charge < -0.3 is 19.5 Å². The Kier molecular flexibility index (Phi) is 7.23. The van der Waals surface area contributed by atoms with E-state index in [9.17, 15) is 14.0 Å². The number of benzene rings is 1. The topological polar surface area (TPSA) is 99.9 Å². The zero-order valence-corrected chi connectivity index (χ0v) is 17.1. The summed E-state index contributed by atoms with van der Waals surface area (Å²) in [5, 5.41) is 8.79. The molecular weight excluding hydrogens is 393 g/mol. The Labute approximate surface area is 174 Å². The van der Waals surface area contributed by atoms with Gasteiger partial charge in [-0.25, -0.2) is 14.0 Å². The van der Waals surface area contributed by atoms with Crippen LogP contribution in [-0.4, -0.2) is 59.9 Å². The van der Waals surface area contributed by atoms with Gasteiger partial charge in [0.1, 0.15) is 5.82 Å². The van der Waals surface area contributed by atoms with Gasteiger partial charge in [0.2, 0.25) is 5.88 Å². The molecule has 162 valence electrons. The summed E-state index contributed by atoms with van der Waals surface area (Å²) in [6.45, 7) is 7.17. The summed E-state index contributed by atoms with van der Waals surface area (Å²) in [6, 6.07) is 5.95. The van der Waals surface area contributed by atoms with Crippen molar-refractivity contribution in [1.82, 2.24) is 20.3 Å². The number of hydrogen-bond donors (Lipinski definition) is 2. The molecule has 0 bridgehead atoms. The first kappa shape index (κ1) is 21.6. The van der Waals surface area contributed by atoms with Gasteiger partial charge in [-0.15, -0.1) is 0 Å². The number of piperazine rings is 1. The quantitative estimate of drug-likeness (QED) is 0.747. The predicted molar refractivity (Wildman–Crippen MR) is 107 cm³/mol. The van der Waals surface area contributed by atoms with E-state index in [0.29, 0.717) is 50.6 Å². The molecule has 2 N–H and O–H groups in total. The van der Waals surface area contributed by atoms with Crippen molar-refractivity contribution in [2.24, 2.45) is 0 Å². The van der Waals surface area contributed by atoms with E-state index in [1.165, 1.54) is 6.07 Å². The molecule has 10 heteroatoms. The highest BCUT2D eigenvalue weighted by molar-refractivity contribution is 5.87. The van der Waals surface area contributed by atoms with E-state index >= 15 is 0 Å². The van der Waals surface area contributed by atoms with Crippen molar-refractivity contribution >= 4 is 18.0 Å². The Morgan fingerprint density at radius 1 is 1.23 bits per heavy atom. The molecular formula is C20H26FN5O4. The van der Waals surface area contributed by atoms with Gasteiger partial charge in [-0.05, 0) is 31.5 Å². The maximum Gasteiger partial charge on any atom is 0.409 e. The van der Waals surface area contributed by atoms with E-state index in [1.807, 2.05) is 0 Å². The van der Waals surface area contributed by atoms with Gasteiger partial charge >= 0.3 is 12.1 Å². The summed E-state index contributed by atoms with van der Waals surface area (Å²) in [5.74, 6) is -0.164. The Bertz CT molecular complexity index is 880. The van der Waals surface area contributed by atoms with Crippen LogP contribution >= 0.6 is 0 Å². The number of aryl methyl sites for hydroxylation is 1. The van der Waals surface area contributed by atoms with Crippen LogP contribution in [0.4, 0.5) is 19.9 Å². The summed E-state index contributed by atoms with van der Waals surface area (Å²) >= 11 is 0. The zero-order valence-electron chi connectivity index (χ0n) is 17.1. The third-order valence-electron chi connectivity index (χ3n) is 4.72. The lowest BCUT2D eigenvalue weighted by molar-refractivity contribution is 0.0778. The van der Waals surface area contributed by atoms with Crippen LogP contribution in [0.3, 0.4) is 0 Å². The van der Waals surface area contributed by atoms with Gasteiger partial charge in [-0.1, -0.05) is 11.2 Å². The molecule has 1 aliphatic heterocycles. The second-order valence-corrected chi connectivity index (χ2v) is 7.03. The van der Waals surface area contributed by atoms with Gasteiger partial charge in [0.25, 0.3) is 0 Å². The van der Waals surface area contributed by atoms with Gasteiger partial charge in [-0.2, -0.15) is 0 Å². The molecule has 0 saturated carbocycles. The average Bonchev–Trinajstić information content (AvgIpc) is 3.13. The van der Waals surface area contributed by atoms with Crippen LogP contribution in [0.5, 0.6) is 0 Å². The summed E-state index contributed by atoms with van der Waals surface area (Å²) in [4.78, 5) is 27.6. The van der Waals surface area contributed by atoms with Crippen LogP contribution in [0.2, 0.25) is 0 Å². The number of anilines is 1. The van der Waals surface area contributed by atoms with Crippen molar-refractivity contribution < 1.29 is 23.2 Å². The van der Waals surface area contributed by atoms with Crippen molar-refractivity contribution in [3.8, 4) is 0 Å². The molecule has 0 spiro atoms. The molecule has 30 heavy (non-hydrogen) atoms. The number of ether oxygens (including phenoxy) is 1. The number of carbonyl (C=O) groups is 2.